The summed E-state index contributed by atoms with van der Waals surface area (Å²) >= 11 is 1.85. The van der Waals surface area contributed by atoms with Gasteiger partial charge in [0.25, 0.3) is 0 Å². The zero-order valence-corrected chi connectivity index (χ0v) is 24.6. The van der Waals surface area contributed by atoms with Gasteiger partial charge < -0.3 is 9.97 Å². The van der Waals surface area contributed by atoms with Gasteiger partial charge in [0.1, 0.15) is 11.6 Å². The summed E-state index contributed by atoms with van der Waals surface area (Å²) in [7, 11) is 0. The molecule has 3 heterocycles. The van der Waals surface area contributed by atoms with Crippen molar-refractivity contribution in [2.45, 2.75) is 60.3 Å². The van der Waals surface area contributed by atoms with Crippen LogP contribution in [0.4, 0.5) is 0 Å². The predicted octanol–water partition coefficient (Wildman–Crippen LogP) is 10.2. The molecule has 3 aromatic heterocycles. The Balaban J connectivity index is 1.48. The molecule has 3 aromatic carbocycles. The van der Waals surface area contributed by atoms with Crippen LogP contribution in [0.5, 0.6) is 0 Å². The number of aromatic nitrogens is 4. The van der Waals surface area contributed by atoms with E-state index in [9.17, 15) is 0 Å². The van der Waals surface area contributed by atoms with Gasteiger partial charge in [-0.15, -0.1) is 11.3 Å². The average Bonchev–Trinajstić information content (AvgIpc) is 3.66. The van der Waals surface area contributed by atoms with Crippen LogP contribution in [0, 0.1) is 12.8 Å². The molecule has 0 unspecified atom stereocenters. The third-order valence-electron chi connectivity index (χ3n) is 7.53. The van der Waals surface area contributed by atoms with E-state index >= 15 is 0 Å². The number of thiophene rings is 1. The van der Waals surface area contributed by atoms with Gasteiger partial charge in [0.15, 0.2) is 0 Å². The van der Waals surface area contributed by atoms with Crippen molar-refractivity contribution in [3.63, 3.8) is 0 Å². The van der Waals surface area contributed by atoms with E-state index in [1.807, 2.05) is 17.5 Å². The Labute approximate surface area is 234 Å². The summed E-state index contributed by atoms with van der Waals surface area (Å²) in [6.45, 7) is 15.4. The number of hydrogen-bond acceptors (Lipinski definition) is 3. The summed E-state index contributed by atoms with van der Waals surface area (Å²) in [5.41, 5.74) is 8.23. The van der Waals surface area contributed by atoms with E-state index in [1.54, 1.807) is 0 Å². The number of hydrogen-bond donors (Lipinski definition) is 2. The van der Waals surface area contributed by atoms with E-state index in [-0.39, 0.29) is 0 Å². The van der Waals surface area contributed by atoms with E-state index in [0.717, 1.165) is 28.4 Å². The monoisotopic (exact) mass is 532 g/mol. The normalized spacial score (nSPS) is 12.6. The van der Waals surface area contributed by atoms with Crippen molar-refractivity contribution in [3.8, 4) is 21.7 Å². The molecule has 5 heteroatoms. The molecule has 0 atom stereocenters. The van der Waals surface area contributed by atoms with E-state index in [2.05, 4.69) is 118 Å². The number of benzene rings is 3. The van der Waals surface area contributed by atoms with Crippen molar-refractivity contribution in [1.29, 1.82) is 0 Å². The molecule has 0 bridgehead atoms. The van der Waals surface area contributed by atoms with Crippen LogP contribution in [-0.2, 0) is 0 Å². The summed E-state index contributed by atoms with van der Waals surface area (Å²) < 4.78 is 1.28. The van der Waals surface area contributed by atoms with E-state index in [0.29, 0.717) is 17.8 Å². The minimum Gasteiger partial charge on any atom is -0.342 e. The van der Waals surface area contributed by atoms with Gasteiger partial charge in [-0.25, -0.2) is 9.97 Å². The number of H-pyrrole nitrogens is 2. The average molecular weight is 533 g/mol. The second kappa shape index (κ2) is 9.80. The number of nitrogens with zero attached hydrogens (tertiary/aromatic N) is 2. The fourth-order valence-electron chi connectivity index (χ4n) is 5.22. The van der Waals surface area contributed by atoms with Gasteiger partial charge in [-0.1, -0.05) is 78.0 Å². The first-order valence-corrected chi connectivity index (χ1v) is 14.7. The third kappa shape index (κ3) is 4.59. The largest absolute Gasteiger partial charge is 0.342 e. The second-order valence-corrected chi connectivity index (χ2v) is 12.7. The van der Waals surface area contributed by atoms with Crippen LogP contribution in [0.25, 0.3) is 59.7 Å². The van der Waals surface area contributed by atoms with Gasteiger partial charge in [-0.05, 0) is 52.9 Å². The zero-order valence-electron chi connectivity index (χ0n) is 23.8. The topological polar surface area (TPSA) is 57.4 Å². The molecule has 0 radical (unpaired) electrons. The summed E-state index contributed by atoms with van der Waals surface area (Å²) in [5, 5.41) is 3.74. The van der Waals surface area contributed by atoms with Gasteiger partial charge in [0.05, 0.1) is 22.9 Å². The standard InChI is InChI=1S/C34H36N4S/c1-18(2)8-12-25-21(7)27-14-23(11-13-26(27)32-31(25)37-34(38-32)20(5)6)30-16-24-10-9-22(15-29(24)39-30)28-17-35-33(36-28)19(3)4/h8-20H,1-7H3,(H,35,36)(H,37,38)/b12-8-. The zero-order chi connectivity index (χ0) is 27.4. The molecule has 198 valence electrons. The molecule has 4 nitrogen and oxygen atoms in total. The molecule has 0 saturated carbocycles. The SMILES string of the molecule is Cc1c(/C=C\C(C)C)c2[nH]c(C(C)C)nc2c2ccc(-c3cc4ccc(-c5cnc(C(C)C)[nH]5)cc4s3)cc12. The lowest BCUT2D eigenvalue weighted by atomic mass is 9.95. The smallest absolute Gasteiger partial charge is 0.109 e. The van der Waals surface area contributed by atoms with Gasteiger partial charge in [-0.3, -0.25) is 0 Å². The fraction of sp³-hybridized carbons (Fsp3) is 0.294. The number of aromatic amines is 2. The minimum atomic E-state index is 0.344. The molecule has 0 saturated heterocycles. The van der Waals surface area contributed by atoms with Crippen LogP contribution in [0.3, 0.4) is 0 Å². The molecule has 6 rings (SSSR count). The molecule has 2 N–H and O–H groups in total. The van der Waals surface area contributed by atoms with Gasteiger partial charge in [-0.2, -0.15) is 0 Å². The first kappa shape index (κ1) is 25.6. The van der Waals surface area contributed by atoms with Crippen LogP contribution in [-0.4, -0.2) is 19.9 Å². The number of rotatable bonds is 6. The third-order valence-corrected chi connectivity index (χ3v) is 8.67. The lowest BCUT2D eigenvalue weighted by Crippen LogP contribution is -1.90. The molecular formula is C34H36N4S. The number of fused-ring (bicyclic) bond motifs is 4. The number of aryl methyl sites for hydroxylation is 1. The van der Waals surface area contributed by atoms with Crippen LogP contribution >= 0.6 is 11.3 Å². The Morgan fingerprint density at radius 1 is 0.821 bits per heavy atom. The highest BCUT2D eigenvalue weighted by Crippen LogP contribution is 2.40. The molecule has 6 aromatic rings. The number of allylic oxidation sites excluding steroid dienone is 1. The highest BCUT2D eigenvalue weighted by Gasteiger charge is 2.17. The van der Waals surface area contributed by atoms with Crippen molar-refractivity contribution in [2.75, 3.05) is 0 Å². The van der Waals surface area contributed by atoms with Crippen LogP contribution < -0.4 is 0 Å². The molecule has 0 fully saturated rings. The maximum Gasteiger partial charge on any atom is 0.109 e. The minimum absolute atomic E-state index is 0.344. The summed E-state index contributed by atoms with van der Waals surface area (Å²) in [5.74, 6) is 3.27. The van der Waals surface area contributed by atoms with Gasteiger partial charge in [0.2, 0.25) is 0 Å². The Bertz CT molecular complexity index is 1860. The van der Waals surface area contributed by atoms with Gasteiger partial charge >= 0.3 is 0 Å². The molecule has 0 amide bonds. The van der Waals surface area contributed by atoms with Crippen molar-refractivity contribution in [3.05, 3.63) is 77.5 Å². The van der Waals surface area contributed by atoms with E-state index in [1.165, 1.54) is 48.0 Å². The number of imidazole rings is 2. The van der Waals surface area contributed by atoms with E-state index in [4.69, 9.17) is 4.98 Å². The lowest BCUT2D eigenvalue weighted by Gasteiger charge is -2.11. The van der Waals surface area contributed by atoms with Crippen molar-refractivity contribution < 1.29 is 0 Å². The molecular weight excluding hydrogens is 496 g/mol. The maximum absolute atomic E-state index is 5.06. The molecule has 39 heavy (non-hydrogen) atoms. The molecule has 0 aliphatic rings. The Morgan fingerprint density at radius 2 is 1.59 bits per heavy atom. The van der Waals surface area contributed by atoms with Crippen LogP contribution in [0.1, 0.15) is 76.2 Å². The van der Waals surface area contributed by atoms with Crippen molar-refractivity contribution >= 4 is 49.3 Å². The summed E-state index contributed by atoms with van der Waals surface area (Å²) in [4.78, 5) is 18.0. The van der Waals surface area contributed by atoms with E-state index < -0.39 is 0 Å². The Hall–Kier alpha value is -3.70. The first-order chi connectivity index (χ1) is 18.7. The quantitative estimate of drug-likeness (QED) is 0.224. The maximum atomic E-state index is 5.06. The highest BCUT2D eigenvalue weighted by molar-refractivity contribution is 7.22. The number of nitrogens with one attached hydrogen (secondary N) is 2. The van der Waals surface area contributed by atoms with Crippen molar-refractivity contribution in [2.24, 2.45) is 5.92 Å². The first-order valence-electron chi connectivity index (χ1n) is 13.9. The predicted molar refractivity (Wildman–Crippen MR) is 169 cm³/mol. The van der Waals surface area contributed by atoms with Crippen LogP contribution in [0.2, 0.25) is 0 Å². The van der Waals surface area contributed by atoms with Crippen molar-refractivity contribution in [1.82, 2.24) is 19.9 Å². The highest BCUT2D eigenvalue weighted by atomic mass is 32.1. The molecule has 0 spiro atoms. The fourth-order valence-corrected chi connectivity index (χ4v) is 6.31. The second-order valence-electron chi connectivity index (χ2n) is 11.6. The summed E-state index contributed by atoms with van der Waals surface area (Å²) in [6.07, 6.45) is 6.50. The Morgan fingerprint density at radius 3 is 2.31 bits per heavy atom. The molecule has 0 aliphatic heterocycles. The Kier molecular flexibility index (Phi) is 6.43. The lowest BCUT2D eigenvalue weighted by molar-refractivity contribution is 0.795. The molecule has 0 aliphatic carbocycles. The summed E-state index contributed by atoms with van der Waals surface area (Å²) in [6, 6.07) is 15.9. The van der Waals surface area contributed by atoms with Gasteiger partial charge in [0, 0.05) is 37.9 Å². The van der Waals surface area contributed by atoms with Crippen LogP contribution in [0.15, 0.2) is 54.7 Å².